The van der Waals surface area contributed by atoms with Gasteiger partial charge in [0.25, 0.3) is 0 Å². The van der Waals surface area contributed by atoms with Gasteiger partial charge in [-0.1, -0.05) is 0 Å². The first-order chi connectivity index (χ1) is 9.25. The van der Waals surface area contributed by atoms with Crippen molar-refractivity contribution >= 4 is 17.1 Å². The predicted octanol–water partition coefficient (Wildman–Crippen LogP) is 2.74. The number of hydrogen-bond acceptors (Lipinski definition) is 4. The molecule has 1 atom stereocenters. The number of rotatable bonds is 3. The maximum Gasteiger partial charge on any atom is 0.169 e. The molecule has 0 aromatic carbocycles. The first-order valence-electron chi connectivity index (χ1n) is 6.59. The predicted molar refractivity (Wildman–Crippen MR) is 76.7 cm³/mol. The number of carbonyl (C=O) groups is 1. The zero-order chi connectivity index (χ0) is 13.2. The van der Waals surface area contributed by atoms with Gasteiger partial charge in [-0.3, -0.25) is 4.79 Å². The number of hydrogen-bond donors (Lipinski definition) is 1. The van der Waals surface area contributed by atoms with Crippen LogP contribution in [0.2, 0.25) is 0 Å². The first-order valence-corrected chi connectivity index (χ1v) is 7.47. The van der Waals surface area contributed by atoms with E-state index in [9.17, 15) is 4.79 Å². The van der Waals surface area contributed by atoms with Crippen molar-refractivity contribution in [3.8, 4) is 11.4 Å². The van der Waals surface area contributed by atoms with Gasteiger partial charge < -0.3 is 9.88 Å². The van der Waals surface area contributed by atoms with Crippen LogP contribution in [0.25, 0.3) is 11.4 Å². The van der Waals surface area contributed by atoms with Crippen LogP contribution in [-0.2, 0) is 0 Å². The highest BCUT2D eigenvalue weighted by Crippen LogP contribution is 2.28. The molecule has 3 heterocycles. The van der Waals surface area contributed by atoms with Gasteiger partial charge in [-0.05, 0) is 32.4 Å². The molecule has 0 unspecified atom stereocenters. The Labute approximate surface area is 116 Å². The highest BCUT2D eigenvalue weighted by atomic mass is 32.1. The van der Waals surface area contributed by atoms with Gasteiger partial charge in [0.2, 0.25) is 0 Å². The number of imidazole rings is 1. The Morgan fingerprint density at radius 2 is 2.47 bits per heavy atom. The van der Waals surface area contributed by atoms with E-state index in [2.05, 4.69) is 14.9 Å². The highest BCUT2D eigenvalue weighted by Gasteiger charge is 2.19. The number of ketones is 1. The lowest BCUT2D eigenvalue weighted by atomic mass is 10.1. The molecular weight excluding hydrogens is 258 g/mol. The van der Waals surface area contributed by atoms with Gasteiger partial charge in [-0.25, -0.2) is 4.98 Å². The van der Waals surface area contributed by atoms with Gasteiger partial charge >= 0.3 is 0 Å². The fraction of sp³-hybridized carbons (Fsp3) is 0.429. The minimum atomic E-state index is 0.119. The molecule has 1 fully saturated rings. The quantitative estimate of drug-likeness (QED) is 0.876. The minimum Gasteiger partial charge on any atom is -0.327 e. The van der Waals surface area contributed by atoms with Gasteiger partial charge in [0.15, 0.2) is 5.78 Å². The number of piperidine rings is 1. The Kier molecular flexibility index (Phi) is 3.48. The Bertz CT molecular complexity index is 581. The van der Waals surface area contributed by atoms with Crippen LogP contribution in [0.15, 0.2) is 23.8 Å². The average molecular weight is 275 g/mol. The Hall–Kier alpha value is -1.46. The van der Waals surface area contributed by atoms with E-state index in [0.717, 1.165) is 29.4 Å². The second kappa shape index (κ2) is 5.27. The van der Waals surface area contributed by atoms with E-state index in [1.54, 1.807) is 6.92 Å². The van der Waals surface area contributed by atoms with E-state index >= 15 is 0 Å². The van der Waals surface area contributed by atoms with Gasteiger partial charge in [0.1, 0.15) is 5.82 Å². The number of carbonyl (C=O) groups excluding carboxylic acids is 1. The molecule has 4 nitrogen and oxygen atoms in total. The summed E-state index contributed by atoms with van der Waals surface area (Å²) in [6.45, 7) is 3.70. The minimum absolute atomic E-state index is 0.119. The summed E-state index contributed by atoms with van der Waals surface area (Å²) < 4.78 is 2.23. The summed E-state index contributed by atoms with van der Waals surface area (Å²) in [5, 5.41) is 5.44. The third-order valence-electron chi connectivity index (χ3n) is 3.54. The molecule has 0 saturated carbocycles. The summed E-state index contributed by atoms with van der Waals surface area (Å²) in [4.78, 5) is 16.7. The monoisotopic (exact) mass is 275 g/mol. The summed E-state index contributed by atoms with van der Waals surface area (Å²) in [7, 11) is 0. The van der Waals surface area contributed by atoms with Gasteiger partial charge in [-0.2, -0.15) is 0 Å². The fourth-order valence-corrected chi connectivity index (χ4v) is 3.33. The maximum atomic E-state index is 11.4. The van der Waals surface area contributed by atoms with Crippen molar-refractivity contribution in [3.05, 3.63) is 28.7 Å². The van der Waals surface area contributed by atoms with Crippen LogP contribution in [0.3, 0.4) is 0 Å². The Balaban J connectivity index is 1.91. The lowest BCUT2D eigenvalue weighted by molar-refractivity contribution is 0.102. The molecule has 1 aliphatic rings. The Morgan fingerprint density at radius 1 is 1.58 bits per heavy atom. The number of Topliss-reactive ketones (excluding diaryl/α,β-unsaturated/α-hetero) is 1. The molecule has 0 bridgehead atoms. The molecule has 0 spiro atoms. The first kappa shape index (κ1) is 12.6. The summed E-state index contributed by atoms with van der Waals surface area (Å²) >= 11 is 1.49. The largest absolute Gasteiger partial charge is 0.327 e. The van der Waals surface area contributed by atoms with E-state index in [4.69, 9.17) is 0 Å². The molecule has 19 heavy (non-hydrogen) atoms. The normalized spacial score (nSPS) is 19.5. The molecule has 5 heteroatoms. The van der Waals surface area contributed by atoms with Crippen molar-refractivity contribution in [3.63, 3.8) is 0 Å². The van der Waals surface area contributed by atoms with Crippen LogP contribution in [-0.4, -0.2) is 28.4 Å². The van der Waals surface area contributed by atoms with Crippen molar-refractivity contribution in [1.82, 2.24) is 14.9 Å². The molecule has 1 N–H and O–H groups in total. The summed E-state index contributed by atoms with van der Waals surface area (Å²) in [6.07, 6.45) is 6.26. The van der Waals surface area contributed by atoms with Gasteiger partial charge in [-0.15, -0.1) is 11.3 Å². The molecule has 2 aromatic rings. The van der Waals surface area contributed by atoms with Crippen LogP contribution in [0.4, 0.5) is 0 Å². The van der Waals surface area contributed by atoms with E-state index in [0.29, 0.717) is 6.04 Å². The second-order valence-corrected chi connectivity index (χ2v) is 5.83. The van der Waals surface area contributed by atoms with Gasteiger partial charge in [0.05, 0.1) is 4.88 Å². The van der Waals surface area contributed by atoms with E-state index in [1.165, 1.54) is 24.2 Å². The smallest absolute Gasteiger partial charge is 0.169 e. The average Bonchev–Trinajstić information content (AvgIpc) is 3.08. The van der Waals surface area contributed by atoms with Crippen LogP contribution in [0.5, 0.6) is 0 Å². The van der Waals surface area contributed by atoms with Crippen molar-refractivity contribution in [1.29, 1.82) is 0 Å². The zero-order valence-electron chi connectivity index (χ0n) is 10.9. The van der Waals surface area contributed by atoms with E-state index in [1.807, 2.05) is 23.8 Å². The standard InChI is InChI=1S/C14H17N3OS/c1-10(18)13-7-11(9-19-13)14-16-5-6-17(14)12-3-2-4-15-8-12/h5-7,9,12,15H,2-4,8H2,1H3/t12-/m1/s1. The van der Waals surface area contributed by atoms with Crippen LogP contribution >= 0.6 is 11.3 Å². The van der Waals surface area contributed by atoms with Crippen LogP contribution in [0.1, 0.15) is 35.5 Å². The molecule has 100 valence electrons. The molecule has 1 aliphatic heterocycles. The number of nitrogens with one attached hydrogen (secondary N) is 1. The molecule has 1 saturated heterocycles. The number of nitrogens with zero attached hydrogens (tertiary/aromatic N) is 2. The number of thiophene rings is 1. The van der Waals surface area contributed by atoms with Crippen molar-refractivity contribution in [2.45, 2.75) is 25.8 Å². The maximum absolute atomic E-state index is 11.4. The highest BCUT2D eigenvalue weighted by molar-refractivity contribution is 7.12. The number of aromatic nitrogens is 2. The van der Waals surface area contributed by atoms with E-state index in [-0.39, 0.29) is 5.78 Å². The second-order valence-electron chi connectivity index (χ2n) is 4.91. The lowest BCUT2D eigenvalue weighted by Gasteiger charge is -2.25. The van der Waals surface area contributed by atoms with Crippen molar-refractivity contribution < 1.29 is 4.79 Å². The molecule has 0 amide bonds. The van der Waals surface area contributed by atoms with E-state index < -0.39 is 0 Å². The molecule has 2 aromatic heterocycles. The fourth-order valence-electron chi connectivity index (χ4n) is 2.54. The SMILES string of the molecule is CC(=O)c1cc(-c2nccn2[C@@H]2CCCNC2)cs1. The molecule has 0 aliphatic carbocycles. The van der Waals surface area contributed by atoms with Crippen molar-refractivity contribution in [2.24, 2.45) is 0 Å². The van der Waals surface area contributed by atoms with Crippen LogP contribution < -0.4 is 5.32 Å². The zero-order valence-corrected chi connectivity index (χ0v) is 11.7. The molecule has 3 rings (SSSR count). The topological polar surface area (TPSA) is 46.9 Å². The summed E-state index contributed by atoms with van der Waals surface area (Å²) in [6, 6.07) is 2.41. The summed E-state index contributed by atoms with van der Waals surface area (Å²) in [5.74, 6) is 1.09. The summed E-state index contributed by atoms with van der Waals surface area (Å²) in [5.41, 5.74) is 1.05. The van der Waals surface area contributed by atoms with Gasteiger partial charge in [0, 0.05) is 35.9 Å². The van der Waals surface area contributed by atoms with Crippen molar-refractivity contribution in [2.75, 3.05) is 13.1 Å². The van der Waals surface area contributed by atoms with Crippen LogP contribution in [0, 0.1) is 0 Å². The molecule has 0 radical (unpaired) electrons. The Morgan fingerprint density at radius 3 is 3.16 bits per heavy atom. The third kappa shape index (κ3) is 2.48. The lowest BCUT2D eigenvalue weighted by Crippen LogP contribution is -2.31. The molecular formula is C14H17N3OS. The third-order valence-corrected chi connectivity index (χ3v) is 4.57.